The van der Waals surface area contributed by atoms with Crippen LogP contribution in [0.4, 0.5) is 0 Å². The monoisotopic (exact) mass is 451 g/mol. The Morgan fingerprint density at radius 2 is 1.88 bits per heavy atom. The molecule has 1 aliphatic heterocycles. The van der Waals surface area contributed by atoms with E-state index in [1.54, 1.807) is 24.6 Å². The normalized spacial score (nSPS) is 16.0. The Morgan fingerprint density at radius 1 is 1.15 bits per heavy atom. The number of nitrogens with one attached hydrogen (secondary N) is 1. The van der Waals surface area contributed by atoms with E-state index in [4.69, 9.17) is 9.40 Å². The van der Waals surface area contributed by atoms with Gasteiger partial charge in [-0.15, -0.1) is 0 Å². The van der Waals surface area contributed by atoms with Crippen LogP contribution in [0.2, 0.25) is 0 Å². The molecule has 0 bridgehead atoms. The van der Waals surface area contributed by atoms with Crippen LogP contribution >= 0.6 is 0 Å². The minimum atomic E-state index is -0.0621. The summed E-state index contributed by atoms with van der Waals surface area (Å²) in [7, 11) is 0. The molecule has 1 unspecified atom stereocenters. The van der Waals surface area contributed by atoms with Crippen molar-refractivity contribution < 1.29 is 14.0 Å². The second-order valence-corrected chi connectivity index (χ2v) is 9.56. The lowest BCUT2D eigenvalue weighted by molar-refractivity contribution is -0.127. The molecule has 3 aromatic heterocycles. The van der Waals surface area contributed by atoms with E-state index in [1.165, 1.54) is 0 Å². The Kier molecular flexibility index (Phi) is 6.54. The summed E-state index contributed by atoms with van der Waals surface area (Å²) in [4.78, 5) is 32.8. The van der Waals surface area contributed by atoms with Crippen molar-refractivity contribution in [2.45, 2.75) is 59.5 Å². The third-order valence-electron chi connectivity index (χ3n) is 6.58. The maximum Gasteiger partial charge on any atom is 0.254 e. The highest BCUT2D eigenvalue weighted by Gasteiger charge is 2.30. The summed E-state index contributed by atoms with van der Waals surface area (Å²) in [5, 5.41) is 8.33. The Bertz CT molecular complexity index is 1120. The van der Waals surface area contributed by atoms with E-state index < -0.39 is 0 Å². The number of piperidine rings is 1. The second-order valence-electron chi connectivity index (χ2n) is 9.56. The Balaban J connectivity index is 1.57. The van der Waals surface area contributed by atoms with Crippen LogP contribution in [0.5, 0.6) is 0 Å². The zero-order valence-corrected chi connectivity index (χ0v) is 20.0. The van der Waals surface area contributed by atoms with Crippen LogP contribution in [0, 0.1) is 11.8 Å². The molecule has 1 saturated heterocycles. The average Bonchev–Trinajstić information content (AvgIpc) is 3.48. The molecule has 1 fully saturated rings. The summed E-state index contributed by atoms with van der Waals surface area (Å²) in [5.74, 6) is 0.966. The van der Waals surface area contributed by atoms with Gasteiger partial charge in [0.05, 0.1) is 23.4 Å². The first-order chi connectivity index (χ1) is 15.8. The number of furan rings is 1. The molecule has 4 rings (SSSR count). The summed E-state index contributed by atoms with van der Waals surface area (Å²) in [5.41, 5.74) is 1.84. The lowest BCUT2D eigenvalue weighted by Gasteiger charge is -2.32. The van der Waals surface area contributed by atoms with Gasteiger partial charge < -0.3 is 14.6 Å². The fraction of sp³-hybridized carbons (Fsp3) is 0.520. The number of likely N-dealkylation sites (tertiary alicyclic amines) is 1. The molecule has 1 atom stereocenters. The highest BCUT2D eigenvalue weighted by Crippen LogP contribution is 2.29. The maximum absolute atomic E-state index is 13.6. The maximum atomic E-state index is 13.6. The predicted molar refractivity (Wildman–Crippen MR) is 127 cm³/mol. The molecule has 0 aliphatic carbocycles. The van der Waals surface area contributed by atoms with Gasteiger partial charge in [0, 0.05) is 31.1 Å². The van der Waals surface area contributed by atoms with Gasteiger partial charge in [0.2, 0.25) is 5.91 Å². The van der Waals surface area contributed by atoms with Crippen molar-refractivity contribution >= 4 is 22.8 Å². The van der Waals surface area contributed by atoms with Crippen LogP contribution in [0.25, 0.3) is 22.5 Å². The van der Waals surface area contributed by atoms with E-state index in [0.717, 1.165) is 5.39 Å². The van der Waals surface area contributed by atoms with Crippen molar-refractivity contribution in [1.29, 1.82) is 0 Å². The lowest BCUT2D eigenvalue weighted by atomic mass is 9.94. The minimum absolute atomic E-state index is 0.0601. The minimum Gasteiger partial charge on any atom is -0.463 e. The number of rotatable bonds is 6. The summed E-state index contributed by atoms with van der Waals surface area (Å²) >= 11 is 0. The summed E-state index contributed by atoms with van der Waals surface area (Å²) in [6.07, 6.45) is 4.63. The zero-order chi connectivity index (χ0) is 23.7. The van der Waals surface area contributed by atoms with Gasteiger partial charge in [-0.2, -0.15) is 5.10 Å². The highest BCUT2D eigenvalue weighted by atomic mass is 16.3. The zero-order valence-electron chi connectivity index (χ0n) is 20.0. The molecular formula is C25H33N5O3. The smallest absolute Gasteiger partial charge is 0.254 e. The van der Waals surface area contributed by atoms with Crippen LogP contribution in [0.1, 0.15) is 63.9 Å². The molecule has 8 heteroatoms. The molecule has 1 N–H and O–H groups in total. The standard InChI is InChI=1S/C25H33N5O3/c1-15(2)17(5)27-24(31)18-8-10-29(11-9-18)25(32)19-13-21(22-7-6-12-33-22)28-23-20(19)14-26-30(23)16(3)4/h6-7,12-18H,8-11H2,1-5H3,(H,27,31). The first kappa shape index (κ1) is 23.0. The fourth-order valence-electron chi connectivity index (χ4n) is 4.15. The lowest BCUT2D eigenvalue weighted by Crippen LogP contribution is -2.45. The number of carbonyl (C=O) groups is 2. The Morgan fingerprint density at radius 3 is 2.48 bits per heavy atom. The van der Waals surface area contributed by atoms with Crippen LogP contribution in [0.15, 0.2) is 35.1 Å². The van der Waals surface area contributed by atoms with E-state index in [0.29, 0.717) is 54.5 Å². The molecule has 0 aromatic carbocycles. The number of hydrogen-bond acceptors (Lipinski definition) is 5. The quantitative estimate of drug-likeness (QED) is 0.604. The van der Waals surface area contributed by atoms with Gasteiger partial charge in [-0.25, -0.2) is 9.67 Å². The number of hydrogen-bond donors (Lipinski definition) is 1. The second kappa shape index (κ2) is 9.37. The van der Waals surface area contributed by atoms with Crippen molar-refractivity contribution in [2.24, 2.45) is 11.8 Å². The molecule has 0 spiro atoms. The van der Waals surface area contributed by atoms with Crippen molar-refractivity contribution in [2.75, 3.05) is 13.1 Å². The van der Waals surface area contributed by atoms with Gasteiger partial charge in [0.1, 0.15) is 5.69 Å². The summed E-state index contributed by atoms with van der Waals surface area (Å²) in [6.45, 7) is 11.4. The molecule has 4 heterocycles. The first-order valence-corrected chi connectivity index (χ1v) is 11.8. The van der Waals surface area contributed by atoms with Gasteiger partial charge in [0.25, 0.3) is 5.91 Å². The van der Waals surface area contributed by atoms with Gasteiger partial charge >= 0.3 is 0 Å². The van der Waals surface area contributed by atoms with Crippen molar-refractivity contribution in [3.05, 3.63) is 36.2 Å². The van der Waals surface area contributed by atoms with Gasteiger partial charge in [-0.3, -0.25) is 9.59 Å². The molecule has 33 heavy (non-hydrogen) atoms. The number of pyridine rings is 1. The number of amides is 2. The van der Waals surface area contributed by atoms with E-state index in [2.05, 4.69) is 24.3 Å². The van der Waals surface area contributed by atoms with Crippen LogP contribution < -0.4 is 5.32 Å². The van der Waals surface area contributed by atoms with E-state index in [9.17, 15) is 9.59 Å². The average molecular weight is 452 g/mol. The molecule has 1 aliphatic rings. The molecule has 2 amide bonds. The van der Waals surface area contributed by atoms with Gasteiger partial charge in [-0.05, 0) is 57.7 Å². The third kappa shape index (κ3) is 4.65. The molecular weight excluding hydrogens is 418 g/mol. The highest BCUT2D eigenvalue weighted by molar-refractivity contribution is 6.06. The molecule has 176 valence electrons. The van der Waals surface area contributed by atoms with Crippen LogP contribution in [0.3, 0.4) is 0 Å². The van der Waals surface area contributed by atoms with Gasteiger partial charge in [0.15, 0.2) is 11.4 Å². The van der Waals surface area contributed by atoms with E-state index in [-0.39, 0.29) is 29.8 Å². The topological polar surface area (TPSA) is 93.3 Å². The van der Waals surface area contributed by atoms with Crippen LogP contribution in [-0.2, 0) is 4.79 Å². The van der Waals surface area contributed by atoms with E-state index in [1.807, 2.05) is 36.4 Å². The molecule has 0 saturated carbocycles. The Hall–Kier alpha value is -3.16. The predicted octanol–water partition coefficient (Wildman–Crippen LogP) is 4.29. The first-order valence-electron chi connectivity index (χ1n) is 11.8. The van der Waals surface area contributed by atoms with E-state index >= 15 is 0 Å². The number of fused-ring (bicyclic) bond motifs is 1. The Labute approximate surface area is 194 Å². The van der Waals surface area contributed by atoms with Gasteiger partial charge in [-0.1, -0.05) is 13.8 Å². The number of nitrogens with zero attached hydrogens (tertiary/aromatic N) is 4. The SMILES string of the molecule is CC(C)C(C)NC(=O)C1CCN(C(=O)c2cc(-c3ccco3)nc3c2cnn3C(C)C)CC1. The molecule has 8 nitrogen and oxygen atoms in total. The van der Waals surface area contributed by atoms with Crippen LogP contribution in [-0.4, -0.2) is 50.6 Å². The molecule has 3 aromatic rings. The fourth-order valence-corrected chi connectivity index (χ4v) is 4.15. The third-order valence-corrected chi connectivity index (χ3v) is 6.58. The summed E-state index contributed by atoms with van der Waals surface area (Å²) in [6, 6.07) is 5.67. The number of aromatic nitrogens is 3. The number of carbonyl (C=O) groups excluding carboxylic acids is 2. The largest absolute Gasteiger partial charge is 0.463 e. The van der Waals surface area contributed by atoms with Crippen molar-refractivity contribution in [1.82, 2.24) is 25.0 Å². The summed E-state index contributed by atoms with van der Waals surface area (Å²) < 4.78 is 7.38. The van der Waals surface area contributed by atoms with Crippen molar-refractivity contribution in [3.8, 4) is 11.5 Å². The van der Waals surface area contributed by atoms with Crippen molar-refractivity contribution in [3.63, 3.8) is 0 Å². The molecule has 0 radical (unpaired) electrons.